The van der Waals surface area contributed by atoms with E-state index in [1.54, 1.807) is 37.1 Å². The number of carbonyl (C=O) groups is 2. The third kappa shape index (κ3) is 4.75. The molecular formula is C24H30N2O4. The van der Waals surface area contributed by atoms with Crippen molar-refractivity contribution in [1.29, 1.82) is 0 Å². The summed E-state index contributed by atoms with van der Waals surface area (Å²) in [7, 11) is 1.56. The number of aryl methyl sites for hydroxylation is 1. The molecule has 0 radical (unpaired) electrons. The lowest BCUT2D eigenvalue weighted by atomic mass is 10.0. The number of carbonyl (C=O) groups excluding carboxylic acids is 2. The smallest absolute Gasteiger partial charge is 0.265 e. The zero-order valence-corrected chi connectivity index (χ0v) is 18.3. The van der Waals surface area contributed by atoms with Crippen LogP contribution in [0.2, 0.25) is 0 Å². The fraction of sp³-hybridized carbons (Fsp3) is 0.417. The molecule has 0 aromatic heterocycles. The molecule has 1 unspecified atom stereocenters. The van der Waals surface area contributed by atoms with Crippen molar-refractivity contribution in [2.75, 3.05) is 23.9 Å². The molecule has 0 spiro atoms. The second-order valence-corrected chi connectivity index (χ2v) is 7.98. The Morgan fingerprint density at radius 1 is 1.10 bits per heavy atom. The summed E-state index contributed by atoms with van der Waals surface area (Å²) in [5.74, 6) is 1.41. The lowest BCUT2D eigenvalue weighted by Gasteiger charge is -2.21. The van der Waals surface area contributed by atoms with Gasteiger partial charge in [-0.1, -0.05) is 26.0 Å². The van der Waals surface area contributed by atoms with Gasteiger partial charge in [-0.15, -0.1) is 0 Å². The molecule has 0 aliphatic carbocycles. The Morgan fingerprint density at radius 2 is 1.87 bits per heavy atom. The molecule has 1 atom stereocenters. The minimum absolute atomic E-state index is 0.0891. The molecule has 1 aliphatic heterocycles. The van der Waals surface area contributed by atoms with Crippen LogP contribution in [0.4, 0.5) is 11.4 Å². The molecule has 1 fully saturated rings. The molecule has 0 saturated carbocycles. The number of benzene rings is 2. The van der Waals surface area contributed by atoms with Crippen LogP contribution in [0.25, 0.3) is 0 Å². The summed E-state index contributed by atoms with van der Waals surface area (Å²) in [5.41, 5.74) is 3.47. The van der Waals surface area contributed by atoms with Crippen LogP contribution in [0, 0.1) is 6.92 Å². The fourth-order valence-electron chi connectivity index (χ4n) is 3.59. The van der Waals surface area contributed by atoms with E-state index in [0.717, 1.165) is 29.0 Å². The molecule has 2 aromatic rings. The van der Waals surface area contributed by atoms with Gasteiger partial charge in [0.15, 0.2) is 6.10 Å². The topological polar surface area (TPSA) is 67.9 Å². The summed E-state index contributed by atoms with van der Waals surface area (Å²) in [6.07, 6.45) is 0.718. The van der Waals surface area contributed by atoms with Crippen LogP contribution in [0.1, 0.15) is 50.7 Å². The van der Waals surface area contributed by atoms with Gasteiger partial charge in [0.2, 0.25) is 5.91 Å². The third-order valence-corrected chi connectivity index (χ3v) is 5.28. The second-order valence-electron chi connectivity index (χ2n) is 7.98. The van der Waals surface area contributed by atoms with Crippen LogP contribution < -0.4 is 19.7 Å². The number of rotatable bonds is 7. The minimum Gasteiger partial charge on any atom is -0.494 e. The molecule has 3 rings (SSSR count). The Bertz CT molecular complexity index is 939. The highest BCUT2D eigenvalue weighted by atomic mass is 16.5. The largest absolute Gasteiger partial charge is 0.494 e. The van der Waals surface area contributed by atoms with Gasteiger partial charge < -0.3 is 19.7 Å². The van der Waals surface area contributed by atoms with Gasteiger partial charge in [-0.3, -0.25) is 9.59 Å². The van der Waals surface area contributed by atoms with E-state index >= 15 is 0 Å². The molecule has 30 heavy (non-hydrogen) atoms. The minimum atomic E-state index is -0.671. The standard InChI is InChI=1S/C24H30N2O4/c1-15(2)19-10-8-16(3)13-21(19)30-17(4)24(28)25-18-9-11-20(22(14-18)29-5)26-12-6-7-23(26)27/h8-11,13-15,17H,6-7,12H2,1-5H3,(H,25,28). The Balaban J connectivity index is 1.73. The highest BCUT2D eigenvalue weighted by Crippen LogP contribution is 2.34. The highest BCUT2D eigenvalue weighted by Gasteiger charge is 2.25. The molecule has 1 saturated heterocycles. The van der Waals surface area contributed by atoms with Crippen molar-refractivity contribution in [1.82, 2.24) is 0 Å². The van der Waals surface area contributed by atoms with E-state index in [1.807, 2.05) is 25.1 Å². The van der Waals surface area contributed by atoms with Gasteiger partial charge in [0.1, 0.15) is 11.5 Å². The molecule has 6 nitrogen and oxygen atoms in total. The molecule has 0 bridgehead atoms. The van der Waals surface area contributed by atoms with Gasteiger partial charge >= 0.3 is 0 Å². The van der Waals surface area contributed by atoms with E-state index in [2.05, 4.69) is 19.2 Å². The van der Waals surface area contributed by atoms with E-state index in [1.165, 1.54) is 0 Å². The number of nitrogens with zero attached hydrogens (tertiary/aromatic N) is 1. The first-order valence-electron chi connectivity index (χ1n) is 10.4. The van der Waals surface area contributed by atoms with Crippen molar-refractivity contribution in [3.8, 4) is 11.5 Å². The van der Waals surface area contributed by atoms with Crippen molar-refractivity contribution in [2.24, 2.45) is 0 Å². The van der Waals surface area contributed by atoms with Crippen LogP contribution in [0.15, 0.2) is 36.4 Å². The van der Waals surface area contributed by atoms with Crippen LogP contribution in [-0.2, 0) is 9.59 Å². The Hall–Kier alpha value is -3.02. The number of amides is 2. The summed E-state index contributed by atoms with van der Waals surface area (Å²) in [6, 6.07) is 11.4. The number of hydrogen-bond donors (Lipinski definition) is 1. The van der Waals surface area contributed by atoms with E-state index in [4.69, 9.17) is 9.47 Å². The number of nitrogens with one attached hydrogen (secondary N) is 1. The van der Waals surface area contributed by atoms with Gasteiger partial charge in [-0.25, -0.2) is 0 Å². The number of ether oxygens (including phenoxy) is 2. The van der Waals surface area contributed by atoms with Crippen molar-refractivity contribution in [2.45, 2.75) is 52.6 Å². The molecule has 1 aliphatic rings. The highest BCUT2D eigenvalue weighted by molar-refractivity contribution is 5.98. The first kappa shape index (κ1) is 21.7. The first-order chi connectivity index (χ1) is 14.3. The molecular weight excluding hydrogens is 380 g/mol. The Labute approximate surface area is 178 Å². The van der Waals surface area contributed by atoms with Crippen LogP contribution in [0.5, 0.6) is 11.5 Å². The van der Waals surface area contributed by atoms with E-state index in [9.17, 15) is 9.59 Å². The quantitative estimate of drug-likeness (QED) is 0.721. The predicted octanol–water partition coefficient (Wildman–Crippen LogP) is 4.66. The van der Waals surface area contributed by atoms with Gasteiger partial charge in [0, 0.05) is 24.7 Å². The number of methoxy groups -OCH3 is 1. The third-order valence-electron chi connectivity index (χ3n) is 5.28. The average molecular weight is 411 g/mol. The molecule has 2 aromatic carbocycles. The van der Waals surface area contributed by atoms with Crippen molar-refractivity contribution in [3.05, 3.63) is 47.5 Å². The lowest BCUT2D eigenvalue weighted by Crippen LogP contribution is -2.30. The van der Waals surface area contributed by atoms with Crippen LogP contribution in [-0.4, -0.2) is 31.6 Å². The maximum absolute atomic E-state index is 12.7. The number of anilines is 2. The Morgan fingerprint density at radius 3 is 2.50 bits per heavy atom. The second kappa shape index (κ2) is 9.20. The molecule has 160 valence electrons. The van der Waals surface area contributed by atoms with Crippen LogP contribution in [0.3, 0.4) is 0 Å². The Kier molecular flexibility index (Phi) is 6.65. The van der Waals surface area contributed by atoms with Gasteiger partial charge in [-0.05, 0) is 55.5 Å². The lowest BCUT2D eigenvalue weighted by molar-refractivity contribution is -0.122. The molecule has 1 N–H and O–H groups in total. The summed E-state index contributed by atoms with van der Waals surface area (Å²) >= 11 is 0. The average Bonchev–Trinajstić information content (AvgIpc) is 3.13. The van der Waals surface area contributed by atoms with E-state index in [-0.39, 0.29) is 11.8 Å². The summed E-state index contributed by atoms with van der Waals surface area (Å²) in [5, 5.41) is 2.88. The predicted molar refractivity (Wildman–Crippen MR) is 119 cm³/mol. The SMILES string of the molecule is COc1cc(NC(=O)C(C)Oc2cc(C)ccc2C(C)C)ccc1N1CCCC1=O. The summed E-state index contributed by atoms with van der Waals surface area (Å²) in [4.78, 5) is 26.5. The van der Waals surface area contributed by atoms with Crippen LogP contribution >= 0.6 is 0 Å². The summed E-state index contributed by atoms with van der Waals surface area (Å²) < 4.78 is 11.5. The molecule has 6 heteroatoms. The van der Waals surface area contributed by atoms with Crippen molar-refractivity contribution < 1.29 is 19.1 Å². The monoisotopic (exact) mass is 410 g/mol. The first-order valence-corrected chi connectivity index (χ1v) is 10.4. The normalized spacial score (nSPS) is 14.7. The maximum Gasteiger partial charge on any atom is 0.265 e. The van der Waals surface area contributed by atoms with Gasteiger partial charge in [-0.2, -0.15) is 0 Å². The zero-order chi connectivity index (χ0) is 21.8. The zero-order valence-electron chi connectivity index (χ0n) is 18.3. The fourth-order valence-corrected chi connectivity index (χ4v) is 3.59. The summed E-state index contributed by atoms with van der Waals surface area (Å²) in [6.45, 7) is 8.61. The van der Waals surface area contributed by atoms with Gasteiger partial charge in [0.25, 0.3) is 5.91 Å². The maximum atomic E-state index is 12.7. The van der Waals surface area contributed by atoms with E-state index < -0.39 is 6.10 Å². The van der Waals surface area contributed by atoms with Gasteiger partial charge in [0.05, 0.1) is 12.8 Å². The van der Waals surface area contributed by atoms with Crippen molar-refractivity contribution >= 4 is 23.2 Å². The van der Waals surface area contributed by atoms with Crippen molar-refractivity contribution in [3.63, 3.8) is 0 Å². The molecule has 2 amide bonds. The van der Waals surface area contributed by atoms with E-state index in [0.29, 0.717) is 30.3 Å². The molecule has 1 heterocycles. The number of hydrogen-bond acceptors (Lipinski definition) is 4.